The van der Waals surface area contributed by atoms with E-state index in [2.05, 4.69) is 15.6 Å². The molecule has 0 unspecified atom stereocenters. The highest BCUT2D eigenvalue weighted by Crippen LogP contribution is 2.41. The van der Waals surface area contributed by atoms with E-state index in [0.29, 0.717) is 12.5 Å². The van der Waals surface area contributed by atoms with Crippen molar-refractivity contribution >= 4 is 17.4 Å². The van der Waals surface area contributed by atoms with Crippen molar-refractivity contribution in [2.75, 3.05) is 6.61 Å². The third kappa shape index (κ3) is 2.66. The first-order chi connectivity index (χ1) is 10.8. The van der Waals surface area contributed by atoms with E-state index in [9.17, 15) is 4.79 Å². The molecular weight excluding hydrogens is 298 g/mol. The summed E-state index contributed by atoms with van der Waals surface area (Å²) >= 11 is 1.59. The van der Waals surface area contributed by atoms with Crippen LogP contribution in [-0.4, -0.2) is 17.6 Å². The lowest BCUT2D eigenvalue weighted by Crippen LogP contribution is -2.41. The molecular formula is C16H17N3O2S. The number of ether oxygens (including phenoxy) is 1. The van der Waals surface area contributed by atoms with Gasteiger partial charge in [-0.2, -0.15) is 0 Å². The van der Waals surface area contributed by atoms with Crippen LogP contribution in [0.2, 0.25) is 0 Å². The number of para-hydroxylation sites is 1. The monoisotopic (exact) mass is 315 g/mol. The van der Waals surface area contributed by atoms with Gasteiger partial charge in [-0.1, -0.05) is 18.2 Å². The van der Waals surface area contributed by atoms with E-state index in [1.807, 2.05) is 29.6 Å². The fourth-order valence-electron chi connectivity index (χ4n) is 2.82. The first-order valence-corrected chi connectivity index (χ1v) is 8.37. The molecule has 2 N–H and O–H groups in total. The van der Waals surface area contributed by atoms with Gasteiger partial charge in [0, 0.05) is 17.1 Å². The molecule has 1 aliphatic heterocycles. The van der Waals surface area contributed by atoms with Crippen molar-refractivity contribution in [2.24, 2.45) is 5.92 Å². The molecule has 2 atom stereocenters. The maximum absolute atomic E-state index is 12.3. The van der Waals surface area contributed by atoms with Crippen molar-refractivity contribution in [3.8, 4) is 5.75 Å². The predicted octanol–water partition coefficient (Wildman–Crippen LogP) is 3.03. The third-order valence-corrected chi connectivity index (χ3v) is 4.96. The summed E-state index contributed by atoms with van der Waals surface area (Å²) in [5.41, 5.74) is 1.04. The first kappa shape index (κ1) is 13.6. The van der Waals surface area contributed by atoms with Gasteiger partial charge in [-0.05, 0) is 24.8 Å². The third-order valence-electron chi connectivity index (χ3n) is 4.10. The Balaban J connectivity index is 1.42. The second kappa shape index (κ2) is 5.61. The molecule has 22 heavy (non-hydrogen) atoms. The number of rotatable bonds is 4. The Labute approximate surface area is 132 Å². The minimum absolute atomic E-state index is 0.0255. The molecule has 0 bridgehead atoms. The minimum atomic E-state index is -0.155. The number of nitrogens with one attached hydrogen (secondary N) is 2. The Kier molecular flexibility index (Phi) is 3.46. The number of benzene rings is 1. The van der Waals surface area contributed by atoms with Crippen LogP contribution in [0.5, 0.6) is 5.75 Å². The number of hydrogen-bond acceptors (Lipinski definition) is 4. The quantitative estimate of drug-likeness (QED) is 0.911. The van der Waals surface area contributed by atoms with E-state index >= 15 is 0 Å². The van der Waals surface area contributed by atoms with E-state index in [0.717, 1.165) is 29.2 Å². The molecule has 4 rings (SSSR count). The minimum Gasteiger partial charge on any atom is -0.491 e. The molecule has 6 heteroatoms. The first-order valence-electron chi connectivity index (χ1n) is 7.49. The summed E-state index contributed by atoms with van der Waals surface area (Å²) in [4.78, 5) is 16.7. The Morgan fingerprint density at radius 2 is 2.23 bits per heavy atom. The molecule has 114 valence electrons. The van der Waals surface area contributed by atoms with Gasteiger partial charge < -0.3 is 15.4 Å². The van der Waals surface area contributed by atoms with Crippen molar-refractivity contribution in [1.82, 2.24) is 15.6 Å². The van der Waals surface area contributed by atoms with Gasteiger partial charge in [0.05, 0.1) is 12.1 Å². The lowest BCUT2D eigenvalue weighted by molar-refractivity contribution is 0.227. The van der Waals surface area contributed by atoms with Gasteiger partial charge in [0.25, 0.3) is 0 Å². The van der Waals surface area contributed by atoms with Gasteiger partial charge in [-0.25, -0.2) is 9.78 Å². The molecule has 0 spiro atoms. The standard InChI is InChI=1S/C16H17N3O2S/c20-16(18-12-9-21-13-4-2-1-3-11(12)13)19-14(10-5-6-10)15-17-7-8-22-15/h1-4,7-8,10,12,14H,5-6,9H2,(H2,18,19,20)/t12-,14+/m0/s1. The summed E-state index contributed by atoms with van der Waals surface area (Å²) in [7, 11) is 0. The van der Waals surface area contributed by atoms with Gasteiger partial charge in [-0.3, -0.25) is 0 Å². The number of carbonyl (C=O) groups is 1. The molecule has 2 amide bonds. The van der Waals surface area contributed by atoms with Crippen molar-refractivity contribution in [3.05, 3.63) is 46.4 Å². The molecule has 2 aromatic rings. The molecule has 0 saturated heterocycles. The van der Waals surface area contributed by atoms with Crippen LogP contribution in [0.1, 0.15) is 35.5 Å². The number of aromatic nitrogens is 1. The molecule has 1 saturated carbocycles. The highest BCUT2D eigenvalue weighted by molar-refractivity contribution is 7.09. The van der Waals surface area contributed by atoms with Crippen LogP contribution < -0.4 is 15.4 Å². The zero-order chi connectivity index (χ0) is 14.9. The smallest absolute Gasteiger partial charge is 0.315 e. The average Bonchev–Trinajstić information content (AvgIpc) is 3.07. The number of hydrogen-bond donors (Lipinski definition) is 2. The molecule has 2 aliphatic rings. The lowest BCUT2D eigenvalue weighted by Gasteiger charge is -2.18. The predicted molar refractivity (Wildman–Crippen MR) is 83.9 cm³/mol. The van der Waals surface area contributed by atoms with Crippen LogP contribution >= 0.6 is 11.3 Å². The second-order valence-electron chi connectivity index (χ2n) is 5.70. The highest BCUT2D eigenvalue weighted by atomic mass is 32.1. The average molecular weight is 315 g/mol. The largest absolute Gasteiger partial charge is 0.491 e. The van der Waals surface area contributed by atoms with Crippen molar-refractivity contribution in [1.29, 1.82) is 0 Å². The summed E-state index contributed by atoms with van der Waals surface area (Å²) in [6.45, 7) is 0.484. The Bertz CT molecular complexity index is 670. The van der Waals surface area contributed by atoms with Gasteiger partial charge in [0.2, 0.25) is 0 Å². The fraction of sp³-hybridized carbons (Fsp3) is 0.375. The summed E-state index contributed by atoms with van der Waals surface area (Å²) in [6, 6.07) is 7.60. The van der Waals surface area contributed by atoms with E-state index in [1.54, 1.807) is 17.5 Å². The number of thiazole rings is 1. The van der Waals surface area contributed by atoms with Crippen molar-refractivity contribution < 1.29 is 9.53 Å². The van der Waals surface area contributed by atoms with Gasteiger partial charge in [0.15, 0.2) is 0 Å². The maximum atomic E-state index is 12.3. The lowest BCUT2D eigenvalue weighted by atomic mass is 10.1. The van der Waals surface area contributed by atoms with Crippen LogP contribution in [-0.2, 0) is 0 Å². The maximum Gasteiger partial charge on any atom is 0.315 e. The number of fused-ring (bicyclic) bond motifs is 1. The molecule has 2 heterocycles. The zero-order valence-electron chi connectivity index (χ0n) is 12.0. The fourth-order valence-corrected chi connectivity index (χ4v) is 3.60. The highest BCUT2D eigenvalue weighted by Gasteiger charge is 2.35. The Hall–Kier alpha value is -2.08. The summed E-state index contributed by atoms with van der Waals surface area (Å²) in [5, 5.41) is 9.03. The van der Waals surface area contributed by atoms with Crippen LogP contribution in [0, 0.1) is 5.92 Å². The van der Waals surface area contributed by atoms with E-state index in [1.165, 1.54) is 0 Å². The zero-order valence-corrected chi connectivity index (χ0v) is 12.8. The molecule has 1 fully saturated rings. The van der Waals surface area contributed by atoms with Crippen LogP contribution in [0.3, 0.4) is 0 Å². The second-order valence-corrected chi connectivity index (χ2v) is 6.63. The summed E-state index contributed by atoms with van der Waals surface area (Å²) in [6.07, 6.45) is 4.09. The normalized spacial score (nSPS) is 20.8. The van der Waals surface area contributed by atoms with Crippen LogP contribution in [0.4, 0.5) is 4.79 Å². The Morgan fingerprint density at radius 1 is 1.36 bits per heavy atom. The van der Waals surface area contributed by atoms with Gasteiger partial charge in [-0.15, -0.1) is 11.3 Å². The van der Waals surface area contributed by atoms with Gasteiger partial charge >= 0.3 is 6.03 Å². The number of urea groups is 1. The summed E-state index contributed by atoms with van der Waals surface area (Å²) in [5.74, 6) is 1.37. The van der Waals surface area contributed by atoms with Crippen molar-refractivity contribution in [2.45, 2.75) is 24.9 Å². The van der Waals surface area contributed by atoms with Crippen LogP contribution in [0.15, 0.2) is 35.8 Å². The number of amides is 2. The van der Waals surface area contributed by atoms with E-state index in [-0.39, 0.29) is 18.1 Å². The molecule has 1 aliphatic carbocycles. The van der Waals surface area contributed by atoms with Crippen LogP contribution in [0.25, 0.3) is 0 Å². The molecule has 0 radical (unpaired) electrons. The molecule has 1 aromatic carbocycles. The molecule has 5 nitrogen and oxygen atoms in total. The summed E-state index contributed by atoms with van der Waals surface area (Å²) < 4.78 is 5.60. The van der Waals surface area contributed by atoms with Crippen molar-refractivity contribution in [3.63, 3.8) is 0 Å². The molecule has 1 aromatic heterocycles. The number of nitrogens with zero attached hydrogens (tertiary/aromatic N) is 1. The van der Waals surface area contributed by atoms with E-state index < -0.39 is 0 Å². The van der Waals surface area contributed by atoms with E-state index in [4.69, 9.17) is 4.74 Å². The number of carbonyl (C=O) groups excluding carboxylic acids is 1. The SMILES string of the molecule is O=C(N[C@H]1COc2ccccc21)N[C@@H](c1nccs1)C1CC1. The Morgan fingerprint density at radius 3 is 3.00 bits per heavy atom. The topological polar surface area (TPSA) is 63.2 Å². The van der Waals surface area contributed by atoms with Gasteiger partial charge in [0.1, 0.15) is 17.4 Å².